The quantitative estimate of drug-likeness (QED) is 0.716. The lowest BCUT2D eigenvalue weighted by molar-refractivity contribution is -0.139. The lowest BCUT2D eigenvalue weighted by Crippen LogP contribution is -2.20. The number of pyridine rings is 1. The monoisotopic (exact) mass is 394 g/mol. The second-order valence-corrected chi connectivity index (χ2v) is 6.73. The van der Waals surface area contributed by atoms with Crippen molar-refractivity contribution >= 4 is 11.7 Å². The summed E-state index contributed by atoms with van der Waals surface area (Å²) in [5.74, 6) is -0.426. The Morgan fingerprint density at radius 1 is 1.32 bits per heavy atom. The van der Waals surface area contributed by atoms with Crippen LogP contribution in [0.25, 0.3) is 0 Å². The van der Waals surface area contributed by atoms with Crippen molar-refractivity contribution in [3.63, 3.8) is 0 Å². The lowest BCUT2D eigenvalue weighted by atomic mass is 9.82. The molecule has 0 bridgehead atoms. The fourth-order valence-electron chi connectivity index (χ4n) is 3.49. The van der Waals surface area contributed by atoms with Gasteiger partial charge >= 0.3 is 12.1 Å². The number of carbonyl (C=O) groups is 1. The Morgan fingerprint density at radius 3 is 2.89 bits per heavy atom. The van der Waals surface area contributed by atoms with Gasteiger partial charge in [-0.3, -0.25) is 4.98 Å². The third-order valence-electron chi connectivity index (χ3n) is 4.82. The number of anilines is 1. The number of ether oxygens (including phenoxy) is 1. The number of aromatic carboxylic acids is 1. The summed E-state index contributed by atoms with van der Waals surface area (Å²) in [6, 6.07) is 6.88. The number of nitrogens with one attached hydrogen (secondary N) is 1. The molecule has 1 aliphatic carbocycles. The number of aromatic nitrogens is 1. The van der Waals surface area contributed by atoms with Gasteiger partial charge in [-0.25, -0.2) is 4.79 Å². The first kappa shape index (κ1) is 20.0. The molecule has 0 spiro atoms. The molecular formula is C20H21F3N2O3. The van der Waals surface area contributed by atoms with E-state index in [4.69, 9.17) is 4.74 Å². The van der Waals surface area contributed by atoms with Crippen LogP contribution < -0.4 is 10.1 Å². The third kappa shape index (κ3) is 4.94. The Balaban J connectivity index is 1.72. The summed E-state index contributed by atoms with van der Waals surface area (Å²) in [6.07, 6.45) is 0.209. The predicted molar refractivity (Wildman–Crippen MR) is 98.0 cm³/mol. The van der Waals surface area contributed by atoms with E-state index < -0.39 is 25.2 Å². The first-order valence-corrected chi connectivity index (χ1v) is 9.07. The topological polar surface area (TPSA) is 71.5 Å². The summed E-state index contributed by atoms with van der Waals surface area (Å²) in [6.45, 7) is 0.103. The van der Waals surface area contributed by atoms with Crippen LogP contribution in [0.5, 0.6) is 5.75 Å². The van der Waals surface area contributed by atoms with Crippen molar-refractivity contribution in [3.05, 3.63) is 53.3 Å². The Morgan fingerprint density at radius 2 is 2.14 bits per heavy atom. The molecule has 0 radical (unpaired) electrons. The zero-order valence-corrected chi connectivity index (χ0v) is 15.1. The molecule has 0 aliphatic heterocycles. The molecule has 0 fully saturated rings. The van der Waals surface area contributed by atoms with Gasteiger partial charge in [0.05, 0.1) is 30.5 Å². The second kappa shape index (κ2) is 8.50. The average Bonchev–Trinajstić information content (AvgIpc) is 2.65. The van der Waals surface area contributed by atoms with Gasteiger partial charge in [-0.2, -0.15) is 13.2 Å². The van der Waals surface area contributed by atoms with Gasteiger partial charge in [-0.15, -0.1) is 0 Å². The van der Waals surface area contributed by atoms with E-state index in [1.807, 2.05) is 6.07 Å². The van der Waals surface area contributed by atoms with E-state index >= 15 is 0 Å². The Bertz CT molecular complexity index is 840. The molecule has 0 saturated heterocycles. The second-order valence-electron chi connectivity index (χ2n) is 6.73. The molecule has 5 nitrogen and oxygen atoms in total. The van der Waals surface area contributed by atoms with Crippen molar-refractivity contribution in [3.8, 4) is 5.75 Å². The minimum Gasteiger partial charge on any atom is -0.493 e. The number of nitrogens with zero attached hydrogens (tertiary/aromatic N) is 1. The van der Waals surface area contributed by atoms with Crippen molar-refractivity contribution in [1.29, 1.82) is 0 Å². The van der Waals surface area contributed by atoms with Crippen LogP contribution in [0.2, 0.25) is 0 Å². The van der Waals surface area contributed by atoms with Crippen LogP contribution in [0.3, 0.4) is 0 Å². The largest absolute Gasteiger partial charge is 0.493 e. The van der Waals surface area contributed by atoms with Crippen molar-refractivity contribution in [2.45, 2.75) is 37.8 Å². The zero-order chi connectivity index (χ0) is 20.1. The summed E-state index contributed by atoms with van der Waals surface area (Å²) < 4.78 is 42.5. The molecule has 8 heteroatoms. The number of carboxylic acids is 1. The zero-order valence-electron chi connectivity index (χ0n) is 15.1. The van der Waals surface area contributed by atoms with Gasteiger partial charge in [0.1, 0.15) is 5.75 Å². The summed E-state index contributed by atoms with van der Waals surface area (Å²) in [7, 11) is 0. The maximum Gasteiger partial charge on any atom is 0.392 e. The molecule has 1 atom stereocenters. The molecule has 1 aliphatic rings. The predicted octanol–water partition coefficient (Wildman–Crippen LogP) is 4.64. The van der Waals surface area contributed by atoms with E-state index in [9.17, 15) is 23.1 Å². The maximum absolute atomic E-state index is 12.4. The first-order chi connectivity index (χ1) is 13.3. The fraction of sp³-hybridized carbons (Fsp3) is 0.400. The summed E-state index contributed by atoms with van der Waals surface area (Å²) >= 11 is 0. The highest BCUT2D eigenvalue weighted by Crippen LogP contribution is 2.37. The molecule has 3 rings (SSSR count). The third-order valence-corrected chi connectivity index (χ3v) is 4.82. The summed E-state index contributed by atoms with van der Waals surface area (Å²) in [5.41, 5.74) is 2.56. The molecule has 1 heterocycles. The molecule has 28 heavy (non-hydrogen) atoms. The van der Waals surface area contributed by atoms with Crippen molar-refractivity contribution in [1.82, 2.24) is 4.98 Å². The minimum absolute atomic E-state index is 0.108. The van der Waals surface area contributed by atoms with E-state index in [-0.39, 0.29) is 11.5 Å². The number of benzene rings is 1. The Kier molecular flexibility index (Phi) is 6.06. The highest BCUT2D eigenvalue weighted by atomic mass is 19.4. The summed E-state index contributed by atoms with van der Waals surface area (Å²) in [5, 5.41) is 12.4. The molecule has 1 unspecified atom stereocenters. The van der Waals surface area contributed by atoms with Crippen LogP contribution in [-0.2, 0) is 6.42 Å². The smallest absolute Gasteiger partial charge is 0.392 e. The van der Waals surface area contributed by atoms with Gasteiger partial charge in [0.2, 0.25) is 0 Å². The van der Waals surface area contributed by atoms with E-state index in [0.29, 0.717) is 18.0 Å². The van der Waals surface area contributed by atoms with Crippen molar-refractivity contribution in [2.24, 2.45) is 0 Å². The van der Waals surface area contributed by atoms with Gasteiger partial charge in [-0.1, -0.05) is 12.1 Å². The van der Waals surface area contributed by atoms with Gasteiger partial charge in [0, 0.05) is 18.7 Å². The van der Waals surface area contributed by atoms with Crippen molar-refractivity contribution in [2.75, 3.05) is 18.5 Å². The highest BCUT2D eigenvalue weighted by molar-refractivity contribution is 5.93. The van der Waals surface area contributed by atoms with Crippen LogP contribution in [0, 0.1) is 0 Å². The van der Waals surface area contributed by atoms with Gasteiger partial charge < -0.3 is 15.2 Å². The number of halogens is 3. The number of hydrogen-bond acceptors (Lipinski definition) is 4. The molecule has 1 aromatic carbocycles. The highest BCUT2D eigenvalue weighted by Gasteiger charge is 2.28. The van der Waals surface area contributed by atoms with Crippen LogP contribution >= 0.6 is 0 Å². The maximum atomic E-state index is 12.4. The minimum atomic E-state index is -4.24. The first-order valence-electron chi connectivity index (χ1n) is 9.07. The molecule has 0 saturated carbocycles. The van der Waals surface area contributed by atoms with Gasteiger partial charge in [0.25, 0.3) is 0 Å². The van der Waals surface area contributed by atoms with Gasteiger partial charge in [-0.05, 0) is 42.5 Å². The molecular weight excluding hydrogens is 373 g/mol. The molecule has 2 N–H and O–H groups in total. The lowest BCUT2D eigenvalue weighted by Gasteiger charge is -2.28. The number of carboxylic acid groups (broad SMARTS) is 1. The SMILES string of the molecule is O=C(O)c1ccncc1NCC1CCCc2c(OCCC(F)(F)F)cccc21. The Hall–Kier alpha value is -2.77. The number of fused-ring (bicyclic) bond motifs is 1. The average molecular weight is 394 g/mol. The number of rotatable bonds is 7. The van der Waals surface area contributed by atoms with Crippen LogP contribution in [0.15, 0.2) is 36.7 Å². The van der Waals surface area contributed by atoms with Crippen LogP contribution in [0.1, 0.15) is 46.7 Å². The number of hydrogen-bond donors (Lipinski definition) is 2. The van der Waals surface area contributed by atoms with Crippen LogP contribution in [-0.4, -0.2) is 35.4 Å². The van der Waals surface area contributed by atoms with Crippen molar-refractivity contribution < 1.29 is 27.8 Å². The molecule has 2 aromatic rings. The molecule has 0 amide bonds. The van der Waals surface area contributed by atoms with Gasteiger partial charge in [0.15, 0.2) is 0 Å². The normalized spacial score (nSPS) is 16.3. The summed E-state index contributed by atoms with van der Waals surface area (Å²) in [4.78, 5) is 15.3. The fourth-order valence-corrected chi connectivity index (χ4v) is 3.49. The van der Waals surface area contributed by atoms with E-state index in [1.54, 1.807) is 12.1 Å². The molecule has 1 aromatic heterocycles. The van der Waals surface area contributed by atoms with E-state index in [0.717, 1.165) is 30.4 Å². The standard InChI is InChI=1S/C20H21F3N2O3/c21-20(22,23)8-10-28-18-6-2-4-14-13(3-1-5-15(14)18)11-25-17-12-24-9-7-16(17)19(26)27/h2,4,6-7,9,12-13,25H,1,3,5,8,10-11H2,(H,26,27). The van der Waals surface area contributed by atoms with Crippen LogP contribution in [0.4, 0.5) is 18.9 Å². The van der Waals surface area contributed by atoms with E-state index in [2.05, 4.69) is 10.3 Å². The Labute approximate surface area is 160 Å². The number of alkyl halides is 3. The van der Waals surface area contributed by atoms with E-state index in [1.165, 1.54) is 18.5 Å². The molecule has 150 valence electrons.